The van der Waals surface area contributed by atoms with Crippen LogP contribution in [0.1, 0.15) is 26.8 Å². The molecule has 2 aromatic carbocycles. The molecule has 0 fully saturated rings. The number of allylic oxidation sites excluding steroid dienone is 8. The molecular formula is C24H24Zr. The largest absolute Gasteiger partial charge is 4.00 e. The Kier molecular flexibility index (Phi) is 8.63. The van der Waals surface area contributed by atoms with Gasteiger partial charge in [0.2, 0.25) is 0 Å². The Morgan fingerprint density at radius 2 is 1.04 bits per heavy atom. The van der Waals surface area contributed by atoms with E-state index in [9.17, 15) is 0 Å². The van der Waals surface area contributed by atoms with Crippen LogP contribution >= 0.6 is 0 Å². The van der Waals surface area contributed by atoms with Crippen molar-refractivity contribution in [1.82, 2.24) is 0 Å². The summed E-state index contributed by atoms with van der Waals surface area (Å²) in [7, 11) is 0. The van der Waals surface area contributed by atoms with Gasteiger partial charge >= 0.3 is 26.2 Å². The molecular weight excluding hydrogens is 379 g/mol. The summed E-state index contributed by atoms with van der Waals surface area (Å²) in [4.78, 5) is 0. The average Bonchev–Trinajstić information content (AvgIpc) is 3.32. The van der Waals surface area contributed by atoms with E-state index >= 15 is 0 Å². The number of rotatable bonds is 4. The van der Waals surface area contributed by atoms with Gasteiger partial charge < -0.3 is 2.85 Å². The summed E-state index contributed by atoms with van der Waals surface area (Å²) >= 11 is 0. The summed E-state index contributed by atoms with van der Waals surface area (Å²) in [6.07, 6.45) is 19.3. The Labute approximate surface area is 173 Å². The van der Waals surface area contributed by atoms with Gasteiger partial charge in [0.25, 0.3) is 0 Å². The van der Waals surface area contributed by atoms with Gasteiger partial charge in [-0.05, 0) is 24.0 Å². The third kappa shape index (κ3) is 6.96. The van der Waals surface area contributed by atoms with Gasteiger partial charge in [-0.15, -0.1) is 12.8 Å². The maximum absolute atomic E-state index is 3.31. The molecule has 0 saturated carbocycles. The summed E-state index contributed by atoms with van der Waals surface area (Å²) in [5.74, 6) is 0. The van der Waals surface area contributed by atoms with Crippen LogP contribution in [0, 0.1) is 12.2 Å². The minimum Gasteiger partial charge on any atom is -1.00 e. The summed E-state index contributed by atoms with van der Waals surface area (Å²) in [6, 6.07) is 21.0. The number of hydrogen-bond donors (Lipinski definition) is 0. The minimum atomic E-state index is 0. The van der Waals surface area contributed by atoms with E-state index in [0.29, 0.717) is 0 Å². The summed E-state index contributed by atoms with van der Waals surface area (Å²) in [6.45, 7) is 0. The van der Waals surface area contributed by atoms with Gasteiger partial charge in [0.15, 0.2) is 0 Å². The zero-order chi connectivity index (χ0) is 16.5. The van der Waals surface area contributed by atoms with E-state index in [1.54, 1.807) is 0 Å². The van der Waals surface area contributed by atoms with Crippen LogP contribution in [0.15, 0.2) is 96.1 Å². The van der Waals surface area contributed by atoms with Gasteiger partial charge in [0.05, 0.1) is 0 Å². The van der Waals surface area contributed by atoms with Crippen molar-refractivity contribution >= 4 is 0 Å². The Balaban J connectivity index is 0.000000451. The quantitative estimate of drug-likeness (QED) is 0.544. The fraction of sp³-hybridized carbons (Fsp3) is 0.167. The molecule has 0 nitrogen and oxygen atoms in total. The molecule has 0 radical (unpaired) electrons. The van der Waals surface area contributed by atoms with Gasteiger partial charge in [-0.2, -0.15) is 12.2 Å². The molecule has 0 atom stereocenters. The minimum absolute atomic E-state index is 0. The van der Waals surface area contributed by atoms with Crippen molar-refractivity contribution in [2.75, 3.05) is 0 Å². The van der Waals surface area contributed by atoms with E-state index in [2.05, 4.69) is 85.0 Å². The van der Waals surface area contributed by atoms with Crippen LogP contribution < -0.4 is 0 Å². The third-order valence-corrected chi connectivity index (χ3v) is 4.01. The van der Waals surface area contributed by atoms with Gasteiger partial charge in [0, 0.05) is 0 Å². The zero-order valence-corrected chi connectivity index (χ0v) is 16.9. The first kappa shape index (κ1) is 19.6. The van der Waals surface area contributed by atoms with E-state index in [0.717, 1.165) is 25.7 Å². The van der Waals surface area contributed by atoms with E-state index in [1.165, 1.54) is 22.3 Å². The van der Waals surface area contributed by atoms with Crippen LogP contribution in [0.2, 0.25) is 0 Å². The second-order valence-electron chi connectivity index (χ2n) is 5.94. The van der Waals surface area contributed by atoms with Gasteiger partial charge in [-0.25, -0.2) is 23.3 Å². The van der Waals surface area contributed by atoms with Gasteiger partial charge in [-0.3, -0.25) is 12.2 Å². The molecule has 0 aromatic heterocycles. The second kappa shape index (κ2) is 11.0. The fourth-order valence-electron chi connectivity index (χ4n) is 2.77. The summed E-state index contributed by atoms with van der Waals surface area (Å²) < 4.78 is 0. The number of hydrogen-bond acceptors (Lipinski definition) is 0. The van der Waals surface area contributed by atoms with Crippen molar-refractivity contribution in [3.05, 3.63) is 119 Å². The Morgan fingerprint density at radius 3 is 1.36 bits per heavy atom. The SMILES string of the molecule is [C-]1=C(Cc2ccccc2)C=CC1.[C-]1=C(Cc2ccccc2)C=CC1.[H-].[H-].[Zr+4]. The van der Waals surface area contributed by atoms with E-state index in [-0.39, 0.29) is 29.1 Å². The normalized spacial score (nSPS) is 14.2. The Morgan fingerprint density at radius 1 is 0.640 bits per heavy atom. The monoisotopic (exact) mass is 402 g/mol. The van der Waals surface area contributed by atoms with E-state index in [4.69, 9.17) is 0 Å². The first-order valence-electron chi connectivity index (χ1n) is 8.50. The van der Waals surface area contributed by atoms with Crippen molar-refractivity contribution in [1.29, 1.82) is 0 Å². The van der Waals surface area contributed by atoms with Crippen molar-refractivity contribution < 1.29 is 29.1 Å². The third-order valence-electron chi connectivity index (χ3n) is 4.01. The molecule has 2 aliphatic carbocycles. The molecule has 25 heavy (non-hydrogen) atoms. The molecule has 0 spiro atoms. The molecule has 0 saturated heterocycles. The van der Waals surface area contributed by atoms with Crippen molar-refractivity contribution in [2.24, 2.45) is 0 Å². The first-order valence-corrected chi connectivity index (χ1v) is 8.50. The van der Waals surface area contributed by atoms with Crippen molar-refractivity contribution in [2.45, 2.75) is 25.7 Å². The van der Waals surface area contributed by atoms with Crippen LogP contribution in [-0.2, 0) is 39.0 Å². The van der Waals surface area contributed by atoms with E-state index in [1.807, 2.05) is 12.1 Å². The van der Waals surface area contributed by atoms with Gasteiger partial charge in [0.1, 0.15) is 0 Å². The summed E-state index contributed by atoms with van der Waals surface area (Å²) in [5.41, 5.74) is 5.38. The molecule has 0 amide bonds. The molecule has 124 valence electrons. The molecule has 1 heteroatoms. The van der Waals surface area contributed by atoms with Crippen LogP contribution in [0.4, 0.5) is 0 Å². The molecule has 2 aromatic rings. The maximum Gasteiger partial charge on any atom is 4.00 e. The molecule has 0 N–H and O–H groups in total. The Hall–Kier alpha value is -1.72. The topological polar surface area (TPSA) is 0 Å². The smallest absolute Gasteiger partial charge is 1.00 e. The molecule has 4 rings (SSSR count). The predicted molar refractivity (Wildman–Crippen MR) is 104 cm³/mol. The van der Waals surface area contributed by atoms with Gasteiger partial charge in [-0.1, -0.05) is 60.7 Å². The zero-order valence-electron chi connectivity index (χ0n) is 16.4. The average molecular weight is 404 g/mol. The fourth-order valence-corrected chi connectivity index (χ4v) is 2.77. The molecule has 0 bridgehead atoms. The Bertz CT molecular complexity index is 692. The van der Waals surface area contributed by atoms with E-state index < -0.39 is 0 Å². The molecule has 0 unspecified atom stereocenters. The van der Waals surface area contributed by atoms with Crippen LogP contribution in [0.3, 0.4) is 0 Å². The first-order chi connectivity index (χ1) is 11.9. The van der Waals surface area contributed by atoms with Crippen LogP contribution in [0.25, 0.3) is 0 Å². The number of benzene rings is 2. The van der Waals surface area contributed by atoms with Crippen LogP contribution in [-0.4, -0.2) is 0 Å². The summed E-state index contributed by atoms with van der Waals surface area (Å²) in [5, 5.41) is 0. The van der Waals surface area contributed by atoms with Crippen molar-refractivity contribution in [3.63, 3.8) is 0 Å². The molecule has 0 aliphatic heterocycles. The predicted octanol–water partition coefficient (Wildman–Crippen LogP) is 6.06. The molecule has 0 heterocycles. The second-order valence-corrected chi connectivity index (χ2v) is 5.94. The standard InChI is InChI=1S/2C12H11.Zr.2H/c2*1-2-6-11(7-3-1)10-12-8-4-5-9-12;;;/h2*1-4,6-8H,5,10H2;;;/q2*-1;+4;2*-1. The molecule has 2 aliphatic rings. The van der Waals surface area contributed by atoms with Crippen LogP contribution in [0.5, 0.6) is 0 Å². The van der Waals surface area contributed by atoms with Crippen molar-refractivity contribution in [3.8, 4) is 0 Å². The maximum atomic E-state index is 3.31.